The van der Waals surface area contributed by atoms with Crippen LogP contribution in [0.15, 0.2) is 29.2 Å². The highest BCUT2D eigenvalue weighted by Gasteiger charge is 2.39. The van der Waals surface area contributed by atoms with Gasteiger partial charge in [-0.25, -0.2) is 13.1 Å². The van der Waals surface area contributed by atoms with Crippen LogP contribution in [0.4, 0.5) is 0 Å². The van der Waals surface area contributed by atoms with E-state index in [-0.39, 0.29) is 27.5 Å². The van der Waals surface area contributed by atoms with Gasteiger partial charge in [0, 0.05) is 6.04 Å². The first-order valence-electron chi connectivity index (χ1n) is 7.31. The van der Waals surface area contributed by atoms with Crippen molar-refractivity contribution in [2.24, 2.45) is 10.8 Å². The van der Waals surface area contributed by atoms with Crippen molar-refractivity contribution in [2.75, 3.05) is 0 Å². The van der Waals surface area contributed by atoms with Gasteiger partial charge in [-0.15, -0.1) is 0 Å². The Balaban J connectivity index is 2.20. The van der Waals surface area contributed by atoms with Gasteiger partial charge in [-0.2, -0.15) is 0 Å². The summed E-state index contributed by atoms with van der Waals surface area (Å²) in [4.78, 5) is 0.115. The molecule has 0 radical (unpaired) electrons. The van der Waals surface area contributed by atoms with Crippen LogP contribution in [-0.2, 0) is 10.0 Å². The molecule has 1 aliphatic rings. The number of phenols is 1. The second-order valence-corrected chi connectivity index (χ2v) is 9.44. The number of rotatable bonds is 3. The standard InChI is InChI=1S/C16H25NO3S/c1-15(2)9-12(10-16(3,4)11-15)17-21(19,20)14-7-5-6-13(18)8-14/h5-8,12,17-18H,9-11H2,1-4H3. The van der Waals surface area contributed by atoms with Crippen molar-refractivity contribution in [3.05, 3.63) is 24.3 Å². The molecule has 21 heavy (non-hydrogen) atoms. The number of hydrogen-bond acceptors (Lipinski definition) is 3. The summed E-state index contributed by atoms with van der Waals surface area (Å²) < 4.78 is 27.7. The van der Waals surface area contributed by atoms with Gasteiger partial charge < -0.3 is 5.11 Å². The van der Waals surface area contributed by atoms with Crippen LogP contribution >= 0.6 is 0 Å². The molecule has 0 amide bonds. The van der Waals surface area contributed by atoms with E-state index in [1.54, 1.807) is 6.07 Å². The molecule has 4 nitrogen and oxygen atoms in total. The van der Waals surface area contributed by atoms with E-state index in [1.807, 2.05) is 0 Å². The van der Waals surface area contributed by atoms with E-state index >= 15 is 0 Å². The lowest BCUT2D eigenvalue weighted by Crippen LogP contribution is -2.45. The minimum atomic E-state index is -3.59. The minimum absolute atomic E-state index is 0.0396. The summed E-state index contributed by atoms with van der Waals surface area (Å²) in [5.41, 5.74) is 0.238. The quantitative estimate of drug-likeness (QED) is 0.900. The van der Waals surface area contributed by atoms with Crippen molar-refractivity contribution in [2.45, 2.75) is 57.9 Å². The Kier molecular flexibility index (Phi) is 4.10. The van der Waals surface area contributed by atoms with Gasteiger partial charge in [-0.3, -0.25) is 0 Å². The van der Waals surface area contributed by atoms with Gasteiger partial charge in [0.1, 0.15) is 5.75 Å². The zero-order valence-corrected chi connectivity index (χ0v) is 14.0. The lowest BCUT2D eigenvalue weighted by molar-refractivity contribution is 0.0934. The monoisotopic (exact) mass is 311 g/mol. The lowest BCUT2D eigenvalue weighted by atomic mass is 9.64. The van der Waals surface area contributed by atoms with Gasteiger partial charge >= 0.3 is 0 Å². The maximum atomic E-state index is 12.5. The third kappa shape index (κ3) is 4.20. The Morgan fingerprint density at radius 3 is 2.24 bits per heavy atom. The van der Waals surface area contributed by atoms with Crippen molar-refractivity contribution in [3.8, 4) is 5.75 Å². The highest BCUT2D eigenvalue weighted by molar-refractivity contribution is 7.89. The third-order valence-corrected chi connectivity index (χ3v) is 5.52. The fraction of sp³-hybridized carbons (Fsp3) is 0.625. The van der Waals surface area contributed by atoms with Crippen LogP contribution < -0.4 is 4.72 Å². The second kappa shape index (κ2) is 5.29. The summed E-state index contributed by atoms with van der Waals surface area (Å²) in [6, 6.07) is 5.71. The van der Waals surface area contributed by atoms with Gasteiger partial charge in [-0.1, -0.05) is 33.8 Å². The summed E-state index contributed by atoms with van der Waals surface area (Å²) >= 11 is 0. The largest absolute Gasteiger partial charge is 0.508 e. The van der Waals surface area contributed by atoms with Crippen molar-refractivity contribution in [1.82, 2.24) is 4.72 Å². The number of phenolic OH excluding ortho intramolecular Hbond substituents is 1. The number of aromatic hydroxyl groups is 1. The van der Waals surface area contributed by atoms with E-state index in [9.17, 15) is 13.5 Å². The van der Waals surface area contributed by atoms with Gasteiger partial charge in [0.15, 0.2) is 0 Å². The Hall–Kier alpha value is -1.07. The molecule has 0 unspecified atom stereocenters. The maximum Gasteiger partial charge on any atom is 0.240 e. The lowest BCUT2D eigenvalue weighted by Gasteiger charge is -2.45. The topological polar surface area (TPSA) is 66.4 Å². The zero-order valence-electron chi connectivity index (χ0n) is 13.2. The summed E-state index contributed by atoms with van der Waals surface area (Å²) in [5.74, 6) is -0.0396. The van der Waals surface area contributed by atoms with Gasteiger partial charge in [0.05, 0.1) is 4.90 Å². The van der Waals surface area contributed by atoms with E-state index in [1.165, 1.54) is 18.2 Å². The van der Waals surface area contributed by atoms with Crippen molar-refractivity contribution < 1.29 is 13.5 Å². The Labute approximate surface area is 127 Å². The minimum Gasteiger partial charge on any atom is -0.508 e. The van der Waals surface area contributed by atoms with Gasteiger partial charge in [-0.05, 0) is 48.3 Å². The number of sulfonamides is 1. The highest BCUT2D eigenvalue weighted by Crippen LogP contribution is 2.45. The zero-order chi connectivity index (χ0) is 15.9. The summed E-state index contributed by atoms with van der Waals surface area (Å²) in [7, 11) is -3.59. The Bertz CT molecular complexity index is 604. The molecule has 118 valence electrons. The van der Waals surface area contributed by atoms with Crippen molar-refractivity contribution in [1.29, 1.82) is 0 Å². The fourth-order valence-corrected chi connectivity index (χ4v) is 5.14. The van der Waals surface area contributed by atoms with E-state index in [4.69, 9.17) is 0 Å². The van der Waals surface area contributed by atoms with Gasteiger partial charge in [0.25, 0.3) is 0 Å². The molecule has 0 heterocycles. The molecule has 0 aromatic heterocycles. The van der Waals surface area contributed by atoms with Crippen LogP contribution in [0.1, 0.15) is 47.0 Å². The van der Waals surface area contributed by atoms with E-state index in [0.29, 0.717) is 0 Å². The van der Waals surface area contributed by atoms with Crippen LogP contribution in [0, 0.1) is 10.8 Å². The van der Waals surface area contributed by atoms with E-state index in [0.717, 1.165) is 19.3 Å². The highest BCUT2D eigenvalue weighted by atomic mass is 32.2. The number of benzene rings is 1. The number of nitrogens with one attached hydrogen (secondary N) is 1. The average molecular weight is 311 g/mol. The first-order valence-corrected chi connectivity index (χ1v) is 8.79. The molecule has 0 aliphatic heterocycles. The molecule has 0 saturated heterocycles. The molecule has 0 atom stereocenters. The summed E-state index contributed by atoms with van der Waals surface area (Å²) in [6.07, 6.45) is 2.74. The van der Waals surface area contributed by atoms with E-state index < -0.39 is 10.0 Å². The maximum absolute atomic E-state index is 12.5. The molecule has 1 aliphatic carbocycles. The first kappa shape index (κ1) is 16.3. The number of hydrogen-bond donors (Lipinski definition) is 2. The van der Waals surface area contributed by atoms with Crippen LogP contribution in [0.2, 0.25) is 0 Å². The molecule has 1 aromatic carbocycles. The summed E-state index contributed by atoms with van der Waals surface area (Å²) in [5, 5.41) is 9.46. The molecular formula is C16H25NO3S. The van der Waals surface area contributed by atoms with Crippen LogP contribution in [-0.4, -0.2) is 19.6 Å². The molecule has 0 bridgehead atoms. The van der Waals surface area contributed by atoms with Crippen molar-refractivity contribution in [3.63, 3.8) is 0 Å². The molecule has 1 fully saturated rings. The van der Waals surface area contributed by atoms with Crippen LogP contribution in [0.3, 0.4) is 0 Å². The molecule has 2 N–H and O–H groups in total. The molecule has 1 saturated carbocycles. The molecule has 0 spiro atoms. The predicted molar refractivity (Wildman–Crippen MR) is 83.6 cm³/mol. The fourth-order valence-electron chi connectivity index (χ4n) is 3.87. The first-order chi connectivity index (χ1) is 9.49. The molecular weight excluding hydrogens is 286 g/mol. The molecule has 2 rings (SSSR count). The Morgan fingerprint density at radius 2 is 1.71 bits per heavy atom. The SMILES string of the molecule is CC1(C)CC(NS(=O)(=O)c2cccc(O)c2)CC(C)(C)C1. The van der Waals surface area contributed by atoms with Crippen molar-refractivity contribution >= 4 is 10.0 Å². The normalized spacial score (nSPS) is 22.1. The molecule has 5 heteroatoms. The predicted octanol–water partition coefficient (Wildman–Crippen LogP) is 3.28. The van der Waals surface area contributed by atoms with E-state index in [2.05, 4.69) is 32.4 Å². The molecule has 1 aromatic rings. The summed E-state index contributed by atoms with van der Waals surface area (Å²) in [6.45, 7) is 8.74. The average Bonchev–Trinajstić information content (AvgIpc) is 2.23. The van der Waals surface area contributed by atoms with Crippen LogP contribution in [0.5, 0.6) is 5.75 Å². The second-order valence-electron chi connectivity index (χ2n) is 7.73. The van der Waals surface area contributed by atoms with Gasteiger partial charge in [0.2, 0.25) is 10.0 Å². The Morgan fingerprint density at radius 1 is 1.14 bits per heavy atom. The van der Waals surface area contributed by atoms with Crippen LogP contribution in [0.25, 0.3) is 0 Å². The smallest absolute Gasteiger partial charge is 0.240 e. The third-order valence-electron chi connectivity index (χ3n) is 4.00.